The molecule has 3 nitrogen and oxygen atoms in total. The van der Waals surface area contributed by atoms with Crippen molar-refractivity contribution < 1.29 is 13.6 Å². The first-order chi connectivity index (χ1) is 14.6. The first-order valence-corrected chi connectivity index (χ1v) is 9.51. The Morgan fingerprint density at radius 3 is 1.43 bits per heavy atom. The molecular formula is C25H18F2N2O. The van der Waals surface area contributed by atoms with Crippen LogP contribution in [0.4, 0.5) is 8.78 Å². The van der Waals surface area contributed by atoms with E-state index in [0.29, 0.717) is 35.4 Å². The van der Waals surface area contributed by atoms with Crippen molar-refractivity contribution in [3.8, 4) is 0 Å². The summed E-state index contributed by atoms with van der Waals surface area (Å²) < 4.78 is 26.4. The zero-order valence-electron chi connectivity index (χ0n) is 16.1. The molecule has 2 aromatic carbocycles. The Morgan fingerprint density at radius 2 is 1.03 bits per heavy atom. The molecule has 0 aliphatic rings. The van der Waals surface area contributed by atoms with Crippen LogP contribution in [-0.2, 0) is 12.8 Å². The molecule has 5 heteroatoms. The summed E-state index contributed by atoms with van der Waals surface area (Å²) in [6.45, 7) is 0. The highest BCUT2D eigenvalue weighted by Gasteiger charge is 2.18. The maximum atomic E-state index is 13.4. The highest BCUT2D eigenvalue weighted by Crippen LogP contribution is 2.20. The van der Waals surface area contributed by atoms with Crippen molar-refractivity contribution in [1.82, 2.24) is 9.97 Å². The Bertz CT molecular complexity index is 1080. The number of ketones is 1. The van der Waals surface area contributed by atoms with Crippen LogP contribution in [0.15, 0.2) is 85.2 Å². The minimum Gasteiger partial charge on any atom is -0.288 e. The summed E-state index contributed by atoms with van der Waals surface area (Å²) in [5, 5.41) is 0. The minimum absolute atomic E-state index is 0.176. The Balaban J connectivity index is 1.65. The van der Waals surface area contributed by atoms with Crippen molar-refractivity contribution in [2.24, 2.45) is 0 Å². The van der Waals surface area contributed by atoms with Crippen LogP contribution in [0.3, 0.4) is 0 Å². The zero-order chi connectivity index (χ0) is 20.9. The number of benzene rings is 2. The number of carbonyl (C=O) groups excluding carboxylic acids is 1. The fourth-order valence-electron chi connectivity index (χ4n) is 3.31. The van der Waals surface area contributed by atoms with Gasteiger partial charge in [0.25, 0.3) is 0 Å². The average molecular weight is 400 g/mol. The van der Waals surface area contributed by atoms with Gasteiger partial charge >= 0.3 is 0 Å². The molecule has 0 saturated carbocycles. The number of hydrogen-bond acceptors (Lipinski definition) is 3. The summed E-state index contributed by atoms with van der Waals surface area (Å²) >= 11 is 0. The molecule has 0 N–H and O–H groups in total. The fourth-order valence-corrected chi connectivity index (χ4v) is 3.31. The number of hydrogen-bond donors (Lipinski definition) is 0. The number of aromatic nitrogens is 2. The lowest BCUT2D eigenvalue weighted by atomic mass is 9.95. The second kappa shape index (κ2) is 8.74. The summed E-state index contributed by atoms with van der Waals surface area (Å²) in [6, 6.07) is 19.2. The van der Waals surface area contributed by atoms with Gasteiger partial charge in [0.2, 0.25) is 0 Å². The molecule has 2 heterocycles. The molecule has 148 valence electrons. The maximum Gasteiger partial charge on any atom is 0.196 e. The molecule has 0 spiro atoms. The summed E-state index contributed by atoms with van der Waals surface area (Å²) in [6.07, 6.45) is 4.10. The highest BCUT2D eigenvalue weighted by molar-refractivity contribution is 6.10. The predicted octanol–water partition coefficient (Wildman–Crippen LogP) is 5.17. The molecular weight excluding hydrogens is 382 g/mol. The van der Waals surface area contributed by atoms with Crippen LogP contribution in [0, 0.1) is 11.6 Å². The number of pyridine rings is 2. The van der Waals surface area contributed by atoms with Gasteiger partial charge in [0.05, 0.1) is 11.4 Å². The van der Waals surface area contributed by atoms with Crippen LogP contribution < -0.4 is 0 Å². The van der Waals surface area contributed by atoms with Crippen LogP contribution in [0.2, 0.25) is 0 Å². The van der Waals surface area contributed by atoms with E-state index in [1.807, 2.05) is 0 Å². The first-order valence-electron chi connectivity index (χ1n) is 9.51. The fraction of sp³-hybridized carbons (Fsp3) is 0.0800. The van der Waals surface area contributed by atoms with Crippen LogP contribution >= 0.6 is 0 Å². The third-order valence-electron chi connectivity index (χ3n) is 4.84. The molecule has 0 amide bonds. The Morgan fingerprint density at radius 1 is 0.633 bits per heavy atom. The zero-order valence-corrected chi connectivity index (χ0v) is 16.1. The van der Waals surface area contributed by atoms with Gasteiger partial charge in [-0.2, -0.15) is 0 Å². The number of rotatable bonds is 6. The van der Waals surface area contributed by atoms with E-state index in [4.69, 9.17) is 0 Å². The average Bonchev–Trinajstić information content (AvgIpc) is 2.77. The van der Waals surface area contributed by atoms with Crippen molar-refractivity contribution in [3.63, 3.8) is 0 Å². The van der Waals surface area contributed by atoms with Crippen molar-refractivity contribution >= 4 is 5.78 Å². The second-order valence-electron chi connectivity index (χ2n) is 6.93. The van der Waals surface area contributed by atoms with Crippen molar-refractivity contribution in [2.75, 3.05) is 0 Å². The number of halogens is 2. The Hall–Kier alpha value is -3.73. The molecule has 0 aliphatic carbocycles. The van der Waals surface area contributed by atoms with Gasteiger partial charge in [0.15, 0.2) is 5.78 Å². The molecule has 0 aliphatic heterocycles. The summed E-state index contributed by atoms with van der Waals surface area (Å²) in [5.41, 5.74) is 3.92. The molecule has 2 aromatic heterocycles. The topological polar surface area (TPSA) is 42.9 Å². The largest absolute Gasteiger partial charge is 0.288 e. The number of nitrogens with zero attached hydrogens (tertiary/aromatic N) is 2. The lowest BCUT2D eigenvalue weighted by molar-refractivity contribution is 0.103. The predicted molar refractivity (Wildman–Crippen MR) is 110 cm³/mol. The maximum absolute atomic E-state index is 13.4. The van der Waals surface area contributed by atoms with Crippen LogP contribution in [-0.4, -0.2) is 15.8 Å². The molecule has 0 saturated heterocycles. The van der Waals surface area contributed by atoms with Crippen LogP contribution in [0.25, 0.3) is 0 Å². The third kappa shape index (κ3) is 4.46. The van der Waals surface area contributed by atoms with Crippen LogP contribution in [0.5, 0.6) is 0 Å². The normalized spacial score (nSPS) is 10.7. The molecule has 4 aromatic rings. The second-order valence-corrected chi connectivity index (χ2v) is 6.93. The van der Waals surface area contributed by atoms with E-state index in [1.54, 1.807) is 60.9 Å². The van der Waals surface area contributed by atoms with E-state index >= 15 is 0 Å². The van der Waals surface area contributed by atoms with E-state index in [2.05, 4.69) is 9.97 Å². The van der Waals surface area contributed by atoms with Crippen LogP contribution in [0.1, 0.15) is 38.4 Å². The molecule has 0 bridgehead atoms. The Kier molecular flexibility index (Phi) is 5.70. The van der Waals surface area contributed by atoms with Gasteiger partial charge in [-0.25, -0.2) is 8.78 Å². The SMILES string of the molecule is O=C(c1cccnc1Cc1ccc(F)cc1)c1cccnc1Cc1ccc(F)cc1. The third-order valence-corrected chi connectivity index (χ3v) is 4.84. The summed E-state index contributed by atoms with van der Waals surface area (Å²) in [4.78, 5) is 22.2. The smallest absolute Gasteiger partial charge is 0.196 e. The van der Waals surface area contributed by atoms with Gasteiger partial charge < -0.3 is 0 Å². The molecule has 4 rings (SSSR count). The summed E-state index contributed by atoms with van der Waals surface area (Å²) in [5.74, 6) is -0.792. The molecule has 0 radical (unpaired) electrons. The lowest BCUT2D eigenvalue weighted by Gasteiger charge is -2.11. The van der Waals surface area contributed by atoms with Gasteiger partial charge in [-0.15, -0.1) is 0 Å². The van der Waals surface area contributed by atoms with E-state index in [1.165, 1.54) is 24.3 Å². The van der Waals surface area contributed by atoms with Crippen molar-refractivity contribution in [1.29, 1.82) is 0 Å². The lowest BCUT2D eigenvalue weighted by Crippen LogP contribution is -2.11. The van der Waals surface area contributed by atoms with E-state index in [9.17, 15) is 13.6 Å². The molecule has 30 heavy (non-hydrogen) atoms. The van der Waals surface area contributed by atoms with Gasteiger partial charge in [0.1, 0.15) is 11.6 Å². The standard InChI is InChI=1S/C25H18F2N2O/c26-19-9-5-17(6-10-19)15-23-21(3-1-13-28-23)25(30)22-4-2-14-29-24(22)16-18-7-11-20(27)12-8-18/h1-14H,15-16H2. The van der Waals surface area contributed by atoms with Gasteiger partial charge in [-0.05, 0) is 59.7 Å². The first kappa shape index (κ1) is 19.6. The van der Waals surface area contributed by atoms with E-state index < -0.39 is 0 Å². The van der Waals surface area contributed by atoms with Crippen molar-refractivity contribution in [2.45, 2.75) is 12.8 Å². The van der Waals surface area contributed by atoms with E-state index in [-0.39, 0.29) is 17.4 Å². The van der Waals surface area contributed by atoms with Gasteiger partial charge in [0, 0.05) is 36.4 Å². The molecule has 0 unspecified atom stereocenters. The quantitative estimate of drug-likeness (QED) is 0.420. The monoisotopic (exact) mass is 400 g/mol. The van der Waals surface area contributed by atoms with E-state index in [0.717, 1.165) is 11.1 Å². The highest BCUT2D eigenvalue weighted by atomic mass is 19.1. The summed E-state index contributed by atoms with van der Waals surface area (Å²) in [7, 11) is 0. The molecule has 0 atom stereocenters. The number of carbonyl (C=O) groups is 1. The van der Waals surface area contributed by atoms with Gasteiger partial charge in [-0.1, -0.05) is 24.3 Å². The minimum atomic E-state index is -0.308. The Labute approximate surface area is 173 Å². The molecule has 0 fully saturated rings. The van der Waals surface area contributed by atoms with Gasteiger partial charge in [-0.3, -0.25) is 14.8 Å². The van der Waals surface area contributed by atoms with Crippen molar-refractivity contribution in [3.05, 3.63) is 130 Å².